The summed E-state index contributed by atoms with van der Waals surface area (Å²) in [5.74, 6) is 0. The fraction of sp³-hybridized carbons (Fsp3) is 0.0588. The van der Waals surface area contributed by atoms with E-state index in [0.717, 1.165) is 40.5 Å². The molecule has 1 heterocycles. The molecule has 1 aromatic heterocycles. The largest absolute Gasteiger partial charge is 0.375 e. The van der Waals surface area contributed by atoms with E-state index in [1.807, 2.05) is 35.7 Å². The Kier molecular flexibility index (Phi) is 3.62. The van der Waals surface area contributed by atoms with Crippen LogP contribution in [-0.2, 0) is 5.60 Å². The van der Waals surface area contributed by atoms with E-state index in [1.165, 1.54) is 0 Å². The van der Waals surface area contributed by atoms with Gasteiger partial charge < -0.3 is 5.11 Å². The summed E-state index contributed by atoms with van der Waals surface area (Å²) >= 11 is 12.2. The maximum atomic E-state index is 11.7. The van der Waals surface area contributed by atoms with Gasteiger partial charge in [-0.3, -0.25) is 0 Å². The van der Waals surface area contributed by atoms with Crippen LogP contribution in [0.25, 0.3) is 11.1 Å². The monoisotopic (exact) mass is 498 g/mol. The number of benzene rings is 2. The average molecular weight is 501 g/mol. The van der Waals surface area contributed by atoms with Crippen LogP contribution in [-0.4, -0.2) is 5.11 Å². The Morgan fingerprint density at radius 3 is 1.82 bits per heavy atom. The summed E-state index contributed by atoms with van der Waals surface area (Å²) in [7, 11) is 0. The maximum absolute atomic E-state index is 11.7. The molecule has 0 amide bonds. The molecular formula is C17H9Br3OS. The van der Waals surface area contributed by atoms with E-state index >= 15 is 0 Å². The van der Waals surface area contributed by atoms with Crippen molar-refractivity contribution in [2.45, 2.75) is 5.60 Å². The summed E-state index contributed by atoms with van der Waals surface area (Å²) in [6, 6.07) is 14.1. The number of aliphatic hydroxyl groups is 1. The first-order chi connectivity index (χ1) is 10.5. The number of thiophene rings is 1. The van der Waals surface area contributed by atoms with Gasteiger partial charge in [0.15, 0.2) is 5.60 Å². The molecule has 4 rings (SSSR count). The smallest absolute Gasteiger partial charge is 0.152 e. The highest BCUT2D eigenvalue weighted by Crippen LogP contribution is 2.54. The Morgan fingerprint density at radius 1 is 0.818 bits per heavy atom. The van der Waals surface area contributed by atoms with E-state index in [4.69, 9.17) is 0 Å². The van der Waals surface area contributed by atoms with Crippen LogP contribution in [0.2, 0.25) is 0 Å². The minimum absolute atomic E-state index is 0.906. The molecule has 0 aliphatic heterocycles. The molecule has 0 saturated carbocycles. The van der Waals surface area contributed by atoms with Gasteiger partial charge in [-0.05, 0) is 62.8 Å². The molecule has 0 saturated heterocycles. The molecule has 0 fully saturated rings. The summed E-state index contributed by atoms with van der Waals surface area (Å²) in [6.07, 6.45) is 0. The normalized spacial score (nSPS) is 14.7. The number of rotatable bonds is 1. The highest BCUT2D eigenvalue weighted by molar-refractivity contribution is 9.11. The van der Waals surface area contributed by atoms with Crippen LogP contribution in [0.3, 0.4) is 0 Å². The minimum Gasteiger partial charge on any atom is -0.375 e. The van der Waals surface area contributed by atoms with Crippen LogP contribution in [0.15, 0.2) is 61.3 Å². The van der Waals surface area contributed by atoms with Crippen LogP contribution in [0.1, 0.15) is 16.0 Å². The van der Waals surface area contributed by atoms with Gasteiger partial charge in [0, 0.05) is 24.5 Å². The van der Waals surface area contributed by atoms with Gasteiger partial charge in [-0.2, -0.15) is 0 Å². The number of hydrogen-bond acceptors (Lipinski definition) is 2. The van der Waals surface area contributed by atoms with Crippen molar-refractivity contribution in [3.05, 3.63) is 77.3 Å². The molecule has 1 nitrogen and oxygen atoms in total. The summed E-state index contributed by atoms with van der Waals surface area (Å²) in [5.41, 5.74) is 2.85. The van der Waals surface area contributed by atoms with Crippen LogP contribution >= 0.6 is 59.1 Å². The molecule has 3 aromatic rings. The third-order valence-corrected chi connectivity index (χ3v) is 6.91. The molecule has 1 aliphatic carbocycles. The molecule has 0 radical (unpaired) electrons. The molecule has 22 heavy (non-hydrogen) atoms. The van der Waals surface area contributed by atoms with Crippen molar-refractivity contribution in [2.24, 2.45) is 0 Å². The Morgan fingerprint density at radius 2 is 1.36 bits per heavy atom. The fourth-order valence-electron chi connectivity index (χ4n) is 3.04. The molecule has 1 aliphatic rings. The van der Waals surface area contributed by atoms with Crippen LogP contribution in [0.5, 0.6) is 0 Å². The van der Waals surface area contributed by atoms with Gasteiger partial charge in [-0.1, -0.05) is 44.0 Å². The zero-order valence-electron chi connectivity index (χ0n) is 11.1. The van der Waals surface area contributed by atoms with Gasteiger partial charge in [0.1, 0.15) is 0 Å². The van der Waals surface area contributed by atoms with E-state index in [9.17, 15) is 5.11 Å². The van der Waals surface area contributed by atoms with Crippen LogP contribution in [0.4, 0.5) is 0 Å². The molecule has 2 aromatic carbocycles. The summed E-state index contributed by atoms with van der Waals surface area (Å²) in [5, 5.41) is 13.7. The minimum atomic E-state index is -1.13. The topological polar surface area (TPSA) is 20.2 Å². The Balaban J connectivity index is 2.13. The quantitative estimate of drug-likeness (QED) is 0.415. The van der Waals surface area contributed by atoms with Crippen molar-refractivity contribution in [1.29, 1.82) is 0 Å². The Labute approximate surface area is 157 Å². The van der Waals surface area contributed by atoms with E-state index < -0.39 is 5.60 Å². The molecule has 0 unspecified atom stereocenters. The third-order valence-electron chi connectivity index (χ3n) is 3.98. The molecule has 5 heteroatoms. The lowest BCUT2D eigenvalue weighted by Gasteiger charge is -2.25. The highest BCUT2D eigenvalue weighted by Gasteiger charge is 2.45. The SMILES string of the molecule is OC1(c2sccc2Br)c2cc(Br)ccc2-c2ccc(Br)cc21. The van der Waals surface area contributed by atoms with Crippen molar-refractivity contribution >= 4 is 59.1 Å². The van der Waals surface area contributed by atoms with Crippen molar-refractivity contribution in [3.63, 3.8) is 0 Å². The first-order valence-electron chi connectivity index (χ1n) is 6.58. The van der Waals surface area contributed by atoms with E-state index in [2.05, 4.69) is 59.9 Å². The van der Waals surface area contributed by atoms with Gasteiger partial charge in [0.05, 0.1) is 4.88 Å². The first kappa shape index (κ1) is 15.1. The summed E-state index contributed by atoms with van der Waals surface area (Å²) < 4.78 is 2.85. The zero-order valence-corrected chi connectivity index (χ0v) is 16.7. The maximum Gasteiger partial charge on any atom is 0.152 e. The molecule has 110 valence electrons. The highest BCUT2D eigenvalue weighted by atomic mass is 79.9. The lowest BCUT2D eigenvalue weighted by atomic mass is 9.90. The standard InChI is InChI=1S/C17H9Br3OS/c18-9-1-3-11-12-4-2-10(19)8-14(12)17(21,13(11)7-9)16-15(20)5-6-22-16/h1-8,21H. The van der Waals surface area contributed by atoms with Crippen molar-refractivity contribution in [1.82, 2.24) is 0 Å². The lowest BCUT2D eigenvalue weighted by molar-refractivity contribution is 0.134. The van der Waals surface area contributed by atoms with Crippen molar-refractivity contribution < 1.29 is 5.11 Å². The number of fused-ring (bicyclic) bond motifs is 3. The average Bonchev–Trinajstić information content (AvgIpc) is 3.01. The molecule has 0 bridgehead atoms. The second-order valence-electron chi connectivity index (χ2n) is 5.19. The third kappa shape index (κ3) is 2.03. The van der Waals surface area contributed by atoms with Crippen LogP contribution in [0, 0.1) is 0 Å². The molecule has 1 N–H and O–H groups in total. The van der Waals surface area contributed by atoms with Gasteiger partial charge >= 0.3 is 0 Å². The summed E-state index contributed by atoms with van der Waals surface area (Å²) in [4.78, 5) is 0.906. The zero-order chi connectivity index (χ0) is 15.5. The van der Waals surface area contributed by atoms with Gasteiger partial charge in [-0.15, -0.1) is 11.3 Å². The second kappa shape index (κ2) is 5.28. The van der Waals surface area contributed by atoms with E-state index in [0.29, 0.717) is 0 Å². The molecular weight excluding hydrogens is 492 g/mol. The Bertz CT molecular complexity index is 849. The van der Waals surface area contributed by atoms with E-state index in [1.54, 1.807) is 11.3 Å². The van der Waals surface area contributed by atoms with Gasteiger partial charge in [0.25, 0.3) is 0 Å². The van der Waals surface area contributed by atoms with E-state index in [-0.39, 0.29) is 0 Å². The Hall–Kier alpha value is -0.460. The van der Waals surface area contributed by atoms with Crippen molar-refractivity contribution in [2.75, 3.05) is 0 Å². The predicted molar refractivity (Wildman–Crippen MR) is 101 cm³/mol. The second-order valence-corrected chi connectivity index (χ2v) is 8.79. The lowest BCUT2D eigenvalue weighted by Crippen LogP contribution is -2.25. The number of hydrogen-bond donors (Lipinski definition) is 1. The van der Waals surface area contributed by atoms with Gasteiger partial charge in [-0.25, -0.2) is 0 Å². The summed E-state index contributed by atoms with van der Waals surface area (Å²) in [6.45, 7) is 0. The molecule has 0 spiro atoms. The number of halogens is 3. The van der Waals surface area contributed by atoms with Crippen LogP contribution < -0.4 is 0 Å². The fourth-order valence-corrected chi connectivity index (χ4v) is 5.55. The van der Waals surface area contributed by atoms with Gasteiger partial charge in [0.2, 0.25) is 0 Å². The molecule has 0 atom stereocenters. The predicted octanol–water partition coefficient (Wildman–Crippen LogP) is 6.30. The first-order valence-corrected chi connectivity index (χ1v) is 9.84. The van der Waals surface area contributed by atoms with Crippen molar-refractivity contribution in [3.8, 4) is 11.1 Å².